The summed E-state index contributed by atoms with van der Waals surface area (Å²) in [7, 11) is 0. The van der Waals surface area contributed by atoms with E-state index in [1.54, 1.807) is 33.9 Å². The highest BCUT2D eigenvalue weighted by molar-refractivity contribution is 5.97. The molecule has 0 saturated heterocycles. The fraction of sp³-hybridized carbons (Fsp3) is 0.250. The Morgan fingerprint density at radius 3 is 2.72 bits per heavy atom. The second-order valence-electron chi connectivity index (χ2n) is 3.94. The van der Waals surface area contributed by atoms with Gasteiger partial charge in [0, 0.05) is 30.7 Å². The minimum absolute atomic E-state index is 0.118. The molecule has 0 spiro atoms. The van der Waals surface area contributed by atoms with Crippen LogP contribution >= 0.6 is 0 Å². The largest absolute Gasteiger partial charge is 0.477 e. The molecule has 2 aromatic rings. The fourth-order valence-corrected chi connectivity index (χ4v) is 1.71. The zero-order valence-corrected chi connectivity index (χ0v) is 9.91. The molecule has 0 aliphatic carbocycles. The fourth-order valence-electron chi connectivity index (χ4n) is 1.71. The zero-order valence-electron chi connectivity index (χ0n) is 9.91. The van der Waals surface area contributed by atoms with Crippen molar-refractivity contribution in [2.75, 3.05) is 0 Å². The van der Waals surface area contributed by atoms with Crippen LogP contribution in [0.1, 0.15) is 27.8 Å². The van der Waals surface area contributed by atoms with Crippen LogP contribution in [0.5, 0.6) is 0 Å². The summed E-state index contributed by atoms with van der Waals surface area (Å²) in [6.07, 6.45) is 5.03. The van der Waals surface area contributed by atoms with Crippen LogP contribution in [0.4, 0.5) is 0 Å². The van der Waals surface area contributed by atoms with Crippen molar-refractivity contribution >= 4 is 11.8 Å². The SMILES string of the molecule is CC(=O)c1cc(C(=O)O)n(CCn2cccn2)c1. The molecule has 2 rings (SSSR count). The first-order chi connectivity index (χ1) is 8.58. The highest BCUT2D eigenvalue weighted by Crippen LogP contribution is 2.10. The minimum Gasteiger partial charge on any atom is -0.477 e. The Bertz CT molecular complexity index is 569. The predicted molar refractivity (Wildman–Crippen MR) is 63.6 cm³/mol. The molecule has 0 aliphatic rings. The monoisotopic (exact) mass is 247 g/mol. The van der Waals surface area contributed by atoms with Gasteiger partial charge in [-0.2, -0.15) is 5.10 Å². The van der Waals surface area contributed by atoms with Crippen LogP contribution in [0.2, 0.25) is 0 Å². The number of aryl methyl sites for hydroxylation is 2. The lowest BCUT2D eigenvalue weighted by molar-refractivity contribution is 0.0684. The van der Waals surface area contributed by atoms with Crippen LogP contribution in [0.25, 0.3) is 0 Å². The lowest BCUT2D eigenvalue weighted by Gasteiger charge is -2.06. The molecular formula is C12H13N3O3. The normalized spacial score (nSPS) is 10.5. The van der Waals surface area contributed by atoms with Crippen LogP contribution < -0.4 is 0 Å². The first-order valence-electron chi connectivity index (χ1n) is 5.50. The van der Waals surface area contributed by atoms with Crippen molar-refractivity contribution in [2.45, 2.75) is 20.0 Å². The Morgan fingerprint density at radius 1 is 1.39 bits per heavy atom. The maximum absolute atomic E-state index is 11.2. The summed E-state index contributed by atoms with van der Waals surface area (Å²) in [5.74, 6) is -1.18. The number of Topliss-reactive ketones (excluding diaryl/α,β-unsaturated/α-hetero) is 1. The van der Waals surface area contributed by atoms with Crippen molar-refractivity contribution in [3.8, 4) is 0 Å². The Hall–Kier alpha value is -2.37. The number of hydrogen-bond acceptors (Lipinski definition) is 3. The zero-order chi connectivity index (χ0) is 13.1. The summed E-state index contributed by atoms with van der Waals surface area (Å²) in [5.41, 5.74) is 0.528. The van der Waals surface area contributed by atoms with Gasteiger partial charge in [-0.15, -0.1) is 0 Å². The third-order valence-corrected chi connectivity index (χ3v) is 2.65. The van der Waals surface area contributed by atoms with E-state index in [9.17, 15) is 9.59 Å². The minimum atomic E-state index is -1.04. The number of hydrogen-bond donors (Lipinski definition) is 1. The number of carbonyl (C=O) groups excluding carboxylic acids is 1. The number of rotatable bonds is 5. The molecule has 0 saturated carbocycles. The summed E-state index contributed by atoms with van der Waals surface area (Å²) < 4.78 is 3.26. The van der Waals surface area contributed by atoms with Gasteiger partial charge in [0.1, 0.15) is 5.69 Å². The molecule has 6 nitrogen and oxygen atoms in total. The van der Waals surface area contributed by atoms with Crippen LogP contribution in [0, 0.1) is 0 Å². The number of aromatic carboxylic acids is 1. The van der Waals surface area contributed by atoms with Crippen LogP contribution in [-0.4, -0.2) is 31.2 Å². The number of aromatic nitrogens is 3. The van der Waals surface area contributed by atoms with E-state index in [4.69, 9.17) is 5.11 Å². The van der Waals surface area contributed by atoms with Gasteiger partial charge in [0.05, 0.1) is 6.54 Å². The molecule has 1 N–H and O–H groups in total. The van der Waals surface area contributed by atoms with E-state index in [2.05, 4.69) is 5.10 Å². The number of carboxylic acids is 1. The summed E-state index contributed by atoms with van der Waals surface area (Å²) in [6, 6.07) is 3.20. The summed E-state index contributed by atoms with van der Waals surface area (Å²) in [5, 5.41) is 13.1. The molecule has 0 amide bonds. The van der Waals surface area contributed by atoms with Crippen molar-refractivity contribution in [1.29, 1.82) is 0 Å². The topological polar surface area (TPSA) is 77.1 Å². The summed E-state index contributed by atoms with van der Waals surface area (Å²) in [4.78, 5) is 22.3. The second kappa shape index (κ2) is 4.87. The van der Waals surface area contributed by atoms with Gasteiger partial charge < -0.3 is 9.67 Å². The Morgan fingerprint density at radius 2 is 2.17 bits per heavy atom. The average Bonchev–Trinajstić information content (AvgIpc) is 2.95. The molecule has 6 heteroatoms. The molecule has 0 unspecified atom stereocenters. The summed E-state index contributed by atoms with van der Waals surface area (Å²) >= 11 is 0. The number of ketones is 1. The quantitative estimate of drug-likeness (QED) is 0.807. The molecule has 18 heavy (non-hydrogen) atoms. The molecule has 2 heterocycles. The molecule has 94 valence electrons. The van der Waals surface area contributed by atoms with E-state index < -0.39 is 5.97 Å². The maximum atomic E-state index is 11.2. The third kappa shape index (κ3) is 2.48. The van der Waals surface area contributed by atoms with E-state index >= 15 is 0 Å². The molecule has 0 aromatic carbocycles. The van der Waals surface area contributed by atoms with E-state index in [0.29, 0.717) is 18.7 Å². The van der Waals surface area contributed by atoms with Crippen molar-refractivity contribution in [2.24, 2.45) is 0 Å². The van der Waals surface area contributed by atoms with E-state index in [0.717, 1.165) is 0 Å². The standard InChI is InChI=1S/C12H13N3O3/c1-9(16)10-7-11(12(17)18)14(8-10)5-6-15-4-2-3-13-15/h2-4,7-8H,5-6H2,1H3,(H,17,18). The maximum Gasteiger partial charge on any atom is 0.352 e. The van der Waals surface area contributed by atoms with Gasteiger partial charge in [-0.05, 0) is 19.1 Å². The highest BCUT2D eigenvalue weighted by Gasteiger charge is 2.14. The van der Waals surface area contributed by atoms with Crippen molar-refractivity contribution in [1.82, 2.24) is 14.3 Å². The lowest BCUT2D eigenvalue weighted by Crippen LogP contribution is -2.12. The molecule has 0 bridgehead atoms. The third-order valence-electron chi connectivity index (χ3n) is 2.65. The number of carbonyl (C=O) groups is 2. The van der Waals surface area contributed by atoms with Crippen LogP contribution in [0.15, 0.2) is 30.7 Å². The lowest BCUT2D eigenvalue weighted by atomic mass is 10.2. The van der Waals surface area contributed by atoms with Crippen molar-refractivity contribution in [3.63, 3.8) is 0 Å². The van der Waals surface area contributed by atoms with Gasteiger partial charge in [-0.3, -0.25) is 9.48 Å². The molecule has 0 radical (unpaired) electrons. The number of nitrogens with zero attached hydrogens (tertiary/aromatic N) is 3. The molecule has 0 fully saturated rings. The van der Waals surface area contributed by atoms with Gasteiger partial charge in [0.2, 0.25) is 0 Å². The Kier molecular flexibility index (Phi) is 3.27. The smallest absolute Gasteiger partial charge is 0.352 e. The Labute approximate surface area is 103 Å². The van der Waals surface area contributed by atoms with Crippen molar-refractivity contribution in [3.05, 3.63) is 42.0 Å². The first kappa shape index (κ1) is 12.1. The van der Waals surface area contributed by atoms with Gasteiger partial charge in [0.15, 0.2) is 5.78 Å². The van der Waals surface area contributed by atoms with Crippen molar-refractivity contribution < 1.29 is 14.7 Å². The molecule has 0 aliphatic heterocycles. The van der Waals surface area contributed by atoms with Crippen LogP contribution in [-0.2, 0) is 13.1 Å². The number of carboxylic acid groups (broad SMARTS) is 1. The highest BCUT2D eigenvalue weighted by atomic mass is 16.4. The van der Waals surface area contributed by atoms with E-state index in [-0.39, 0.29) is 11.5 Å². The van der Waals surface area contributed by atoms with Crippen LogP contribution in [0.3, 0.4) is 0 Å². The van der Waals surface area contributed by atoms with Gasteiger partial charge in [-0.25, -0.2) is 4.79 Å². The van der Waals surface area contributed by atoms with E-state index in [1.807, 2.05) is 0 Å². The second-order valence-corrected chi connectivity index (χ2v) is 3.94. The van der Waals surface area contributed by atoms with Gasteiger partial charge in [-0.1, -0.05) is 0 Å². The van der Waals surface area contributed by atoms with E-state index in [1.165, 1.54) is 13.0 Å². The first-order valence-corrected chi connectivity index (χ1v) is 5.50. The van der Waals surface area contributed by atoms with Gasteiger partial charge in [0.25, 0.3) is 0 Å². The summed E-state index contributed by atoms with van der Waals surface area (Å²) in [6.45, 7) is 2.43. The Balaban J connectivity index is 2.20. The predicted octanol–water partition coefficient (Wildman–Crippen LogP) is 1.29. The molecular weight excluding hydrogens is 234 g/mol. The molecule has 0 atom stereocenters. The molecule has 2 aromatic heterocycles. The van der Waals surface area contributed by atoms with Gasteiger partial charge >= 0.3 is 5.97 Å². The average molecular weight is 247 g/mol.